The van der Waals surface area contributed by atoms with Gasteiger partial charge in [-0.15, -0.1) is 0 Å². The lowest BCUT2D eigenvalue weighted by Gasteiger charge is -2.06. The van der Waals surface area contributed by atoms with Crippen molar-refractivity contribution in [3.8, 4) is 23.0 Å². The largest absolute Gasteiger partial charge is 0.493 e. The van der Waals surface area contributed by atoms with Crippen molar-refractivity contribution in [1.29, 1.82) is 0 Å². The molecule has 0 aliphatic carbocycles. The van der Waals surface area contributed by atoms with Crippen LogP contribution in [0.25, 0.3) is 34.2 Å². The molecule has 0 atom stereocenters. The topological polar surface area (TPSA) is 94.3 Å². The zero-order chi connectivity index (χ0) is 19.7. The summed E-state index contributed by atoms with van der Waals surface area (Å²) in [5, 5.41) is 0. The summed E-state index contributed by atoms with van der Waals surface area (Å²) in [7, 11) is 6.41. The predicted molar refractivity (Wildman–Crippen MR) is 107 cm³/mol. The number of hydrogen-bond acceptors (Lipinski definition) is 6. The first-order valence-corrected chi connectivity index (χ1v) is 8.56. The maximum Gasteiger partial charge on any atom is 0.163 e. The van der Waals surface area contributed by atoms with Crippen molar-refractivity contribution in [2.75, 3.05) is 28.4 Å². The summed E-state index contributed by atoms with van der Waals surface area (Å²) in [6.07, 6.45) is 3.70. The molecule has 144 valence electrons. The van der Waals surface area contributed by atoms with Crippen LogP contribution in [-0.4, -0.2) is 48.4 Å². The van der Waals surface area contributed by atoms with Crippen LogP contribution in [-0.2, 0) is 0 Å². The van der Waals surface area contributed by atoms with E-state index in [4.69, 9.17) is 18.9 Å². The van der Waals surface area contributed by atoms with Crippen LogP contribution in [0.15, 0.2) is 24.3 Å². The Kier molecular flexibility index (Phi) is 4.52. The first-order valence-electron chi connectivity index (χ1n) is 8.56. The van der Waals surface area contributed by atoms with E-state index in [0.29, 0.717) is 34.6 Å². The van der Waals surface area contributed by atoms with Crippen LogP contribution in [0.5, 0.6) is 23.0 Å². The molecule has 0 aliphatic heterocycles. The average Bonchev–Trinajstić information content (AvgIpc) is 3.31. The number of benzene rings is 2. The Balaban J connectivity index is 1.66. The Labute approximate surface area is 161 Å². The van der Waals surface area contributed by atoms with Crippen molar-refractivity contribution in [2.45, 2.75) is 0 Å². The van der Waals surface area contributed by atoms with Crippen LogP contribution < -0.4 is 18.9 Å². The second-order valence-electron chi connectivity index (χ2n) is 6.03. The third kappa shape index (κ3) is 3.09. The molecule has 0 bridgehead atoms. The van der Waals surface area contributed by atoms with Crippen LogP contribution in [0, 0.1) is 0 Å². The third-order valence-electron chi connectivity index (χ3n) is 4.41. The van der Waals surface area contributed by atoms with Gasteiger partial charge in [0.1, 0.15) is 11.6 Å². The van der Waals surface area contributed by atoms with Gasteiger partial charge in [0.05, 0.1) is 50.5 Å². The number of imidazole rings is 2. The normalized spacial score (nSPS) is 11.4. The van der Waals surface area contributed by atoms with Crippen molar-refractivity contribution in [2.24, 2.45) is 0 Å². The Bertz CT molecular complexity index is 1000. The van der Waals surface area contributed by atoms with Crippen molar-refractivity contribution in [1.82, 2.24) is 19.9 Å². The summed E-state index contributed by atoms with van der Waals surface area (Å²) in [4.78, 5) is 15.6. The molecule has 0 unspecified atom stereocenters. The van der Waals surface area contributed by atoms with E-state index in [0.717, 1.165) is 22.1 Å². The van der Waals surface area contributed by atoms with E-state index in [-0.39, 0.29) is 0 Å². The van der Waals surface area contributed by atoms with Crippen LogP contribution >= 0.6 is 0 Å². The van der Waals surface area contributed by atoms with Crippen LogP contribution in [0.3, 0.4) is 0 Å². The van der Waals surface area contributed by atoms with E-state index >= 15 is 0 Å². The number of nitrogens with one attached hydrogen (secondary N) is 2. The van der Waals surface area contributed by atoms with Gasteiger partial charge in [-0.3, -0.25) is 0 Å². The summed E-state index contributed by atoms with van der Waals surface area (Å²) in [5.74, 6) is 3.96. The quantitative estimate of drug-likeness (QED) is 0.530. The Hall–Kier alpha value is -3.68. The van der Waals surface area contributed by atoms with Gasteiger partial charge in [0, 0.05) is 24.3 Å². The van der Waals surface area contributed by atoms with Gasteiger partial charge >= 0.3 is 0 Å². The number of rotatable bonds is 6. The summed E-state index contributed by atoms with van der Waals surface area (Å²) in [5.41, 5.74) is 3.29. The highest BCUT2D eigenvalue weighted by molar-refractivity contribution is 5.84. The molecule has 2 heterocycles. The molecule has 0 saturated carbocycles. The van der Waals surface area contributed by atoms with Crippen LogP contribution in [0.2, 0.25) is 0 Å². The standard InChI is InChI=1S/C20H20N4O4/c1-25-15-7-11-12(8-16(15)26-2)22-19(21-11)5-6-20-23-13-9-17(27-3)18(28-4)10-14(13)24-20/h5-10H,1-4H3,(H,21,22)(H,23,24). The number of fused-ring (bicyclic) bond motifs is 2. The molecule has 2 N–H and O–H groups in total. The lowest BCUT2D eigenvalue weighted by molar-refractivity contribution is 0.356. The lowest BCUT2D eigenvalue weighted by Crippen LogP contribution is -1.89. The summed E-state index contributed by atoms with van der Waals surface area (Å²) in [6.45, 7) is 0. The van der Waals surface area contributed by atoms with E-state index in [9.17, 15) is 0 Å². The highest BCUT2D eigenvalue weighted by Gasteiger charge is 2.10. The van der Waals surface area contributed by atoms with Crippen molar-refractivity contribution < 1.29 is 18.9 Å². The molecule has 0 aliphatic rings. The number of methoxy groups -OCH3 is 4. The number of hydrogen-bond donors (Lipinski definition) is 2. The number of H-pyrrole nitrogens is 2. The Morgan fingerprint density at radius 1 is 0.607 bits per heavy atom. The van der Waals surface area contributed by atoms with Crippen molar-refractivity contribution in [3.63, 3.8) is 0 Å². The van der Waals surface area contributed by atoms with Gasteiger partial charge in [-0.2, -0.15) is 0 Å². The van der Waals surface area contributed by atoms with Gasteiger partial charge in [0.25, 0.3) is 0 Å². The molecule has 2 aromatic heterocycles. The molecule has 0 spiro atoms. The second-order valence-corrected chi connectivity index (χ2v) is 6.03. The molecule has 0 saturated heterocycles. The minimum atomic E-state index is 0.636. The first kappa shape index (κ1) is 17.7. The van der Waals surface area contributed by atoms with E-state index in [1.54, 1.807) is 28.4 Å². The van der Waals surface area contributed by atoms with Gasteiger partial charge in [-0.05, 0) is 12.2 Å². The second kappa shape index (κ2) is 7.15. The number of aromatic amines is 2. The average molecular weight is 380 g/mol. The van der Waals surface area contributed by atoms with Gasteiger partial charge < -0.3 is 28.9 Å². The fraction of sp³-hybridized carbons (Fsp3) is 0.200. The Morgan fingerprint density at radius 3 is 1.32 bits per heavy atom. The summed E-state index contributed by atoms with van der Waals surface area (Å²) < 4.78 is 21.3. The monoisotopic (exact) mass is 380 g/mol. The summed E-state index contributed by atoms with van der Waals surface area (Å²) >= 11 is 0. The zero-order valence-corrected chi connectivity index (χ0v) is 16.0. The summed E-state index contributed by atoms with van der Waals surface area (Å²) in [6, 6.07) is 7.39. The third-order valence-corrected chi connectivity index (χ3v) is 4.41. The van der Waals surface area contributed by atoms with Gasteiger partial charge in [0.15, 0.2) is 23.0 Å². The Morgan fingerprint density at radius 2 is 0.964 bits per heavy atom. The predicted octanol–water partition coefficient (Wildman–Crippen LogP) is 3.64. The zero-order valence-electron chi connectivity index (χ0n) is 16.0. The maximum atomic E-state index is 5.33. The first-order chi connectivity index (χ1) is 13.6. The number of nitrogens with zero attached hydrogens (tertiary/aromatic N) is 2. The molecule has 8 heteroatoms. The van der Waals surface area contributed by atoms with Gasteiger partial charge in [-0.1, -0.05) is 0 Å². The van der Waals surface area contributed by atoms with Crippen molar-refractivity contribution in [3.05, 3.63) is 35.9 Å². The van der Waals surface area contributed by atoms with Crippen LogP contribution in [0.1, 0.15) is 11.6 Å². The molecular weight excluding hydrogens is 360 g/mol. The van der Waals surface area contributed by atoms with E-state index < -0.39 is 0 Å². The molecule has 0 radical (unpaired) electrons. The molecule has 2 aromatic carbocycles. The molecule has 0 fully saturated rings. The van der Waals surface area contributed by atoms with Gasteiger partial charge in [-0.25, -0.2) is 9.97 Å². The van der Waals surface area contributed by atoms with Crippen LogP contribution in [0.4, 0.5) is 0 Å². The molecular formula is C20H20N4O4. The maximum absolute atomic E-state index is 5.33. The molecule has 0 amide bonds. The lowest BCUT2D eigenvalue weighted by atomic mass is 10.3. The molecule has 4 aromatic rings. The highest BCUT2D eigenvalue weighted by atomic mass is 16.5. The van der Waals surface area contributed by atoms with E-state index in [1.165, 1.54) is 0 Å². The number of aromatic nitrogens is 4. The minimum absolute atomic E-state index is 0.636. The smallest absolute Gasteiger partial charge is 0.163 e. The SMILES string of the molecule is COc1cc2nc(C=Cc3nc4cc(OC)c(OC)cc4[nH]3)[nH]c2cc1OC. The minimum Gasteiger partial charge on any atom is -0.493 e. The molecule has 28 heavy (non-hydrogen) atoms. The molecule has 8 nitrogen and oxygen atoms in total. The van der Waals surface area contributed by atoms with Crippen molar-refractivity contribution >= 4 is 34.2 Å². The molecule has 4 rings (SSSR count). The van der Waals surface area contributed by atoms with E-state index in [2.05, 4.69) is 19.9 Å². The highest BCUT2D eigenvalue weighted by Crippen LogP contribution is 2.32. The fourth-order valence-corrected chi connectivity index (χ4v) is 3.03. The fourth-order valence-electron chi connectivity index (χ4n) is 3.03. The van der Waals surface area contributed by atoms with E-state index in [1.807, 2.05) is 36.4 Å². The van der Waals surface area contributed by atoms with Gasteiger partial charge in [0.2, 0.25) is 0 Å². The number of ether oxygens (including phenoxy) is 4.